The van der Waals surface area contributed by atoms with Gasteiger partial charge in [-0.2, -0.15) is 0 Å². The van der Waals surface area contributed by atoms with Gasteiger partial charge >= 0.3 is 0 Å². The number of rotatable bonds is 5. The number of hydrogen-bond acceptors (Lipinski definition) is 0. The first-order valence-electron chi connectivity index (χ1n) is 3.94. The van der Waals surface area contributed by atoms with Crippen LogP contribution in [-0.4, -0.2) is 10.5 Å². The summed E-state index contributed by atoms with van der Waals surface area (Å²) in [5.74, 6) is 0.364. The van der Waals surface area contributed by atoms with E-state index >= 15 is 0 Å². The first-order chi connectivity index (χ1) is 4.72. The smallest absolute Gasteiger partial charge is 0.0955 e. The summed E-state index contributed by atoms with van der Waals surface area (Å²) in [5, 5.41) is 11.2. The highest BCUT2D eigenvalue weighted by molar-refractivity contribution is 14.1. The largest absolute Gasteiger partial charge is 0.233 e. The van der Waals surface area contributed by atoms with Gasteiger partial charge in [-0.3, -0.25) is 0 Å². The number of halogens is 1. The van der Waals surface area contributed by atoms with Gasteiger partial charge in [-0.25, -0.2) is 5.11 Å². The summed E-state index contributed by atoms with van der Waals surface area (Å²) in [4.78, 5) is 0. The van der Waals surface area contributed by atoms with Crippen molar-refractivity contribution in [2.45, 2.75) is 39.2 Å². The van der Waals surface area contributed by atoms with Crippen molar-refractivity contribution < 1.29 is 5.11 Å². The fraction of sp³-hybridized carbons (Fsp3) is 1.00. The molecule has 0 saturated heterocycles. The van der Waals surface area contributed by atoms with Gasteiger partial charge < -0.3 is 0 Å². The average Bonchev–Trinajstić information content (AvgIpc) is 1.98. The predicted octanol–water partition coefficient (Wildman–Crippen LogP) is 3.05. The standard InChI is InChI=1S/C8H16IO/c1-3-7(2)8(10)5-4-6-9/h7-8H,3-6H2,1-2H3. The molecule has 0 aromatic rings. The van der Waals surface area contributed by atoms with Crippen LogP contribution >= 0.6 is 22.6 Å². The van der Waals surface area contributed by atoms with Crippen molar-refractivity contribution in [1.82, 2.24) is 0 Å². The van der Waals surface area contributed by atoms with E-state index < -0.39 is 0 Å². The van der Waals surface area contributed by atoms with Crippen molar-refractivity contribution in [3.63, 3.8) is 0 Å². The van der Waals surface area contributed by atoms with Crippen LogP contribution in [0.3, 0.4) is 0 Å². The molecule has 0 rings (SSSR count). The maximum Gasteiger partial charge on any atom is 0.0955 e. The Morgan fingerprint density at radius 1 is 1.50 bits per heavy atom. The van der Waals surface area contributed by atoms with Gasteiger partial charge in [0.15, 0.2) is 0 Å². The van der Waals surface area contributed by atoms with E-state index in [1.807, 2.05) is 6.92 Å². The van der Waals surface area contributed by atoms with Crippen molar-refractivity contribution in [2.75, 3.05) is 4.43 Å². The third-order valence-corrected chi connectivity index (χ3v) is 2.66. The lowest BCUT2D eigenvalue weighted by Gasteiger charge is -2.13. The molecule has 2 atom stereocenters. The zero-order chi connectivity index (χ0) is 7.98. The lowest BCUT2D eigenvalue weighted by Crippen LogP contribution is -2.14. The molecule has 0 aromatic heterocycles. The maximum atomic E-state index is 11.2. The average molecular weight is 255 g/mol. The normalized spacial score (nSPS) is 16.8. The molecule has 2 unspecified atom stereocenters. The van der Waals surface area contributed by atoms with E-state index in [0.717, 1.165) is 23.7 Å². The minimum absolute atomic E-state index is 0.320. The van der Waals surface area contributed by atoms with E-state index in [2.05, 4.69) is 29.5 Å². The lowest BCUT2D eigenvalue weighted by molar-refractivity contribution is 0.0347. The van der Waals surface area contributed by atoms with E-state index in [9.17, 15) is 5.11 Å². The molecule has 0 saturated carbocycles. The molecule has 0 heterocycles. The predicted molar refractivity (Wildman–Crippen MR) is 52.1 cm³/mol. The van der Waals surface area contributed by atoms with Crippen molar-refractivity contribution in [3.05, 3.63) is 0 Å². The van der Waals surface area contributed by atoms with Gasteiger partial charge in [0.05, 0.1) is 6.10 Å². The van der Waals surface area contributed by atoms with E-state index in [0.29, 0.717) is 5.92 Å². The number of alkyl halides is 1. The molecule has 0 N–H and O–H groups in total. The van der Waals surface area contributed by atoms with Crippen LogP contribution in [-0.2, 0) is 5.11 Å². The third kappa shape index (κ3) is 4.50. The van der Waals surface area contributed by atoms with E-state index in [4.69, 9.17) is 0 Å². The fourth-order valence-electron chi connectivity index (χ4n) is 0.826. The molecule has 0 spiro atoms. The molecule has 0 amide bonds. The summed E-state index contributed by atoms with van der Waals surface area (Å²) in [6, 6.07) is 0. The second-order valence-electron chi connectivity index (χ2n) is 2.76. The van der Waals surface area contributed by atoms with Gasteiger partial charge in [-0.1, -0.05) is 42.9 Å². The first kappa shape index (κ1) is 10.7. The summed E-state index contributed by atoms with van der Waals surface area (Å²) in [6.07, 6.45) is 2.65. The Bertz CT molecular complexity index is 75.7. The Balaban J connectivity index is 3.31. The van der Waals surface area contributed by atoms with Crippen molar-refractivity contribution in [1.29, 1.82) is 0 Å². The first-order valence-corrected chi connectivity index (χ1v) is 5.46. The van der Waals surface area contributed by atoms with Gasteiger partial charge in [-0.15, -0.1) is 0 Å². The fourth-order valence-corrected chi connectivity index (χ4v) is 1.27. The van der Waals surface area contributed by atoms with Gasteiger partial charge in [0, 0.05) is 0 Å². The van der Waals surface area contributed by atoms with Crippen LogP contribution in [0.4, 0.5) is 0 Å². The van der Waals surface area contributed by atoms with Crippen LogP contribution in [0.5, 0.6) is 0 Å². The Hall–Kier alpha value is 0.690. The molecule has 0 bridgehead atoms. The Kier molecular flexibility index (Phi) is 6.85. The molecular weight excluding hydrogens is 239 g/mol. The van der Waals surface area contributed by atoms with Crippen LogP contribution in [0.2, 0.25) is 0 Å². The molecule has 0 aliphatic carbocycles. The second-order valence-corrected chi connectivity index (χ2v) is 3.83. The van der Waals surface area contributed by atoms with Gasteiger partial charge in [-0.05, 0) is 23.2 Å². The summed E-state index contributed by atoms with van der Waals surface area (Å²) in [7, 11) is 0. The highest BCUT2D eigenvalue weighted by atomic mass is 127. The summed E-state index contributed by atoms with van der Waals surface area (Å²) in [5.41, 5.74) is 0. The minimum atomic E-state index is -0.320. The van der Waals surface area contributed by atoms with Crippen molar-refractivity contribution in [3.8, 4) is 0 Å². The van der Waals surface area contributed by atoms with Crippen LogP contribution in [0.15, 0.2) is 0 Å². The lowest BCUT2D eigenvalue weighted by atomic mass is 9.98. The molecule has 0 fully saturated rings. The Morgan fingerprint density at radius 3 is 2.50 bits per heavy atom. The second kappa shape index (κ2) is 6.40. The highest BCUT2D eigenvalue weighted by Gasteiger charge is 2.12. The molecule has 1 nitrogen and oxygen atoms in total. The van der Waals surface area contributed by atoms with E-state index in [1.54, 1.807) is 0 Å². The molecule has 0 aliphatic rings. The van der Waals surface area contributed by atoms with Crippen LogP contribution < -0.4 is 0 Å². The third-order valence-electron chi connectivity index (χ3n) is 1.90. The van der Waals surface area contributed by atoms with Gasteiger partial charge in [0.2, 0.25) is 0 Å². The molecule has 10 heavy (non-hydrogen) atoms. The molecule has 2 heteroatoms. The topological polar surface area (TPSA) is 19.9 Å². The number of hydrogen-bond donors (Lipinski definition) is 0. The van der Waals surface area contributed by atoms with Gasteiger partial charge in [0.25, 0.3) is 0 Å². The molecule has 1 radical (unpaired) electrons. The Labute approximate surface area is 77.3 Å². The SMILES string of the molecule is CCC(C)C([O])CCCI. The highest BCUT2D eigenvalue weighted by Crippen LogP contribution is 2.13. The van der Waals surface area contributed by atoms with Crippen LogP contribution in [0.25, 0.3) is 0 Å². The van der Waals surface area contributed by atoms with Crippen molar-refractivity contribution in [2.24, 2.45) is 5.92 Å². The molecule has 61 valence electrons. The van der Waals surface area contributed by atoms with Crippen LogP contribution in [0, 0.1) is 5.92 Å². The quantitative estimate of drug-likeness (QED) is 0.531. The van der Waals surface area contributed by atoms with E-state index in [1.165, 1.54) is 0 Å². The summed E-state index contributed by atoms with van der Waals surface area (Å²) < 4.78 is 1.12. The zero-order valence-corrected chi connectivity index (χ0v) is 8.93. The molecular formula is C8H16IO. The summed E-state index contributed by atoms with van der Waals surface area (Å²) in [6.45, 7) is 4.13. The summed E-state index contributed by atoms with van der Waals surface area (Å²) >= 11 is 2.32. The van der Waals surface area contributed by atoms with E-state index in [-0.39, 0.29) is 6.10 Å². The van der Waals surface area contributed by atoms with Crippen molar-refractivity contribution >= 4 is 22.6 Å². The van der Waals surface area contributed by atoms with Crippen LogP contribution in [0.1, 0.15) is 33.1 Å². The molecule has 0 aliphatic heterocycles. The maximum absolute atomic E-state index is 11.2. The zero-order valence-electron chi connectivity index (χ0n) is 6.77. The molecule has 0 aromatic carbocycles. The van der Waals surface area contributed by atoms with Gasteiger partial charge in [0.1, 0.15) is 0 Å². The monoisotopic (exact) mass is 255 g/mol. The Morgan fingerprint density at radius 2 is 2.10 bits per heavy atom. The minimum Gasteiger partial charge on any atom is -0.233 e.